The van der Waals surface area contributed by atoms with Gasteiger partial charge in [-0.2, -0.15) is 5.10 Å². The quantitative estimate of drug-likeness (QED) is 0.564. The summed E-state index contributed by atoms with van der Waals surface area (Å²) in [6.45, 7) is 1.88. The fourth-order valence-corrected chi connectivity index (χ4v) is 0.833. The Labute approximate surface area is 81.8 Å². The van der Waals surface area contributed by atoms with Crippen LogP contribution in [0.3, 0.4) is 0 Å². The molecule has 1 aromatic heterocycles. The Morgan fingerprint density at radius 3 is 3.07 bits per heavy atom. The van der Waals surface area contributed by atoms with Gasteiger partial charge in [-0.1, -0.05) is 6.07 Å². The number of nitrogens with one attached hydrogen (secondary N) is 1. The number of ether oxygens (including phenoxy) is 1. The summed E-state index contributed by atoms with van der Waals surface area (Å²) in [5.41, 5.74) is 3.75. The number of pyridine rings is 1. The van der Waals surface area contributed by atoms with E-state index in [0.29, 0.717) is 5.69 Å². The molecule has 0 radical (unpaired) electrons. The molecule has 0 aliphatic heterocycles. The van der Waals surface area contributed by atoms with Crippen molar-refractivity contribution in [2.24, 2.45) is 5.10 Å². The van der Waals surface area contributed by atoms with E-state index in [9.17, 15) is 4.79 Å². The largest absolute Gasteiger partial charge is 0.452 e. The number of carbonyl (C=O) groups is 1. The second kappa shape index (κ2) is 4.96. The molecule has 74 valence electrons. The SMILES string of the molecule is COC(=O)NN=Cc1cccc(C)n1. The number of methoxy groups -OCH3 is 1. The third-order valence-electron chi connectivity index (χ3n) is 1.45. The van der Waals surface area contributed by atoms with Gasteiger partial charge in [-0.05, 0) is 19.1 Å². The van der Waals surface area contributed by atoms with Gasteiger partial charge in [0, 0.05) is 5.69 Å². The molecule has 0 aliphatic carbocycles. The second-order valence-corrected chi connectivity index (χ2v) is 2.57. The van der Waals surface area contributed by atoms with E-state index < -0.39 is 6.09 Å². The monoisotopic (exact) mass is 193 g/mol. The van der Waals surface area contributed by atoms with Crippen molar-refractivity contribution in [2.45, 2.75) is 6.92 Å². The first-order valence-electron chi connectivity index (χ1n) is 4.03. The van der Waals surface area contributed by atoms with Crippen LogP contribution >= 0.6 is 0 Å². The number of aromatic nitrogens is 1. The lowest BCUT2D eigenvalue weighted by atomic mass is 10.3. The topological polar surface area (TPSA) is 63.6 Å². The van der Waals surface area contributed by atoms with Gasteiger partial charge in [-0.3, -0.25) is 4.98 Å². The third-order valence-corrected chi connectivity index (χ3v) is 1.45. The number of rotatable bonds is 2. The first kappa shape index (κ1) is 10.2. The molecule has 1 rings (SSSR count). The van der Waals surface area contributed by atoms with Gasteiger partial charge >= 0.3 is 6.09 Å². The summed E-state index contributed by atoms with van der Waals surface area (Å²) in [4.78, 5) is 14.8. The molecule has 0 fully saturated rings. The Hall–Kier alpha value is -1.91. The standard InChI is InChI=1S/C9H11N3O2/c1-7-4-3-5-8(11-7)6-10-12-9(13)14-2/h3-6H,1-2H3,(H,12,13). The van der Waals surface area contributed by atoms with E-state index in [4.69, 9.17) is 0 Å². The molecule has 1 aromatic rings. The van der Waals surface area contributed by atoms with Gasteiger partial charge in [0.05, 0.1) is 19.0 Å². The number of nitrogens with zero attached hydrogens (tertiary/aromatic N) is 2. The number of hydrogen-bond acceptors (Lipinski definition) is 4. The maximum absolute atomic E-state index is 10.6. The summed E-state index contributed by atoms with van der Waals surface area (Å²) in [5, 5.41) is 3.64. The molecule has 0 saturated carbocycles. The Morgan fingerprint density at radius 1 is 1.64 bits per heavy atom. The predicted molar refractivity (Wildman–Crippen MR) is 52.1 cm³/mol. The molecule has 0 spiro atoms. The molecule has 1 heterocycles. The van der Waals surface area contributed by atoms with Crippen molar-refractivity contribution in [1.82, 2.24) is 10.4 Å². The Balaban J connectivity index is 2.56. The van der Waals surface area contributed by atoms with E-state index in [2.05, 4.69) is 20.2 Å². The molecule has 0 saturated heterocycles. The molecule has 0 atom stereocenters. The zero-order valence-electron chi connectivity index (χ0n) is 8.02. The van der Waals surface area contributed by atoms with Crippen molar-refractivity contribution in [3.63, 3.8) is 0 Å². The molecular weight excluding hydrogens is 182 g/mol. The predicted octanol–water partition coefficient (Wildman–Crippen LogP) is 1.08. The highest BCUT2D eigenvalue weighted by Gasteiger charge is 1.93. The van der Waals surface area contributed by atoms with Gasteiger partial charge in [-0.25, -0.2) is 10.2 Å². The minimum Gasteiger partial charge on any atom is -0.452 e. The summed E-state index contributed by atoms with van der Waals surface area (Å²) >= 11 is 0. The van der Waals surface area contributed by atoms with Crippen LogP contribution in [0.4, 0.5) is 4.79 Å². The molecule has 1 amide bonds. The van der Waals surface area contributed by atoms with Crippen LogP contribution in [0.25, 0.3) is 0 Å². The lowest BCUT2D eigenvalue weighted by Gasteiger charge is -1.96. The molecule has 5 nitrogen and oxygen atoms in total. The Bertz CT molecular complexity index is 350. The summed E-state index contributed by atoms with van der Waals surface area (Å²) < 4.78 is 4.33. The number of hydrazone groups is 1. The highest BCUT2D eigenvalue weighted by Crippen LogP contribution is 1.94. The number of amides is 1. The molecule has 0 aliphatic rings. The highest BCUT2D eigenvalue weighted by atomic mass is 16.5. The maximum atomic E-state index is 10.6. The smallest absolute Gasteiger partial charge is 0.427 e. The summed E-state index contributed by atoms with van der Waals surface area (Å²) in [6.07, 6.45) is 0.845. The lowest BCUT2D eigenvalue weighted by molar-refractivity contribution is 0.171. The number of carbonyl (C=O) groups excluding carboxylic acids is 1. The van der Waals surface area contributed by atoms with Crippen molar-refractivity contribution >= 4 is 12.3 Å². The highest BCUT2D eigenvalue weighted by molar-refractivity contribution is 5.78. The lowest BCUT2D eigenvalue weighted by Crippen LogP contribution is -2.16. The molecule has 5 heteroatoms. The van der Waals surface area contributed by atoms with E-state index >= 15 is 0 Å². The average Bonchev–Trinajstić information content (AvgIpc) is 2.17. The van der Waals surface area contributed by atoms with Gasteiger partial charge in [0.25, 0.3) is 0 Å². The van der Waals surface area contributed by atoms with Crippen molar-refractivity contribution < 1.29 is 9.53 Å². The molecule has 1 N–H and O–H groups in total. The third kappa shape index (κ3) is 3.22. The van der Waals surface area contributed by atoms with Crippen LogP contribution < -0.4 is 5.43 Å². The summed E-state index contributed by atoms with van der Waals surface area (Å²) in [5.74, 6) is 0. The molecule has 14 heavy (non-hydrogen) atoms. The van der Waals surface area contributed by atoms with Crippen LogP contribution in [0, 0.1) is 6.92 Å². The van der Waals surface area contributed by atoms with Crippen molar-refractivity contribution in [2.75, 3.05) is 7.11 Å². The van der Waals surface area contributed by atoms with Gasteiger partial charge in [0.15, 0.2) is 0 Å². The molecule has 0 unspecified atom stereocenters. The average molecular weight is 193 g/mol. The fourth-order valence-electron chi connectivity index (χ4n) is 0.833. The second-order valence-electron chi connectivity index (χ2n) is 2.57. The van der Waals surface area contributed by atoms with Crippen LogP contribution in [0.5, 0.6) is 0 Å². The zero-order chi connectivity index (χ0) is 10.4. The number of aryl methyl sites for hydroxylation is 1. The van der Waals surface area contributed by atoms with Gasteiger partial charge in [0.1, 0.15) is 0 Å². The number of hydrogen-bond donors (Lipinski definition) is 1. The Morgan fingerprint density at radius 2 is 2.43 bits per heavy atom. The van der Waals surface area contributed by atoms with Crippen LogP contribution in [0.15, 0.2) is 23.3 Å². The van der Waals surface area contributed by atoms with E-state index in [0.717, 1.165) is 5.69 Å². The van der Waals surface area contributed by atoms with Gasteiger partial charge < -0.3 is 4.74 Å². The summed E-state index contributed by atoms with van der Waals surface area (Å²) in [7, 11) is 1.27. The minimum atomic E-state index is -0.603. The van der Waals surface area contributed by atoms with Crippen LogP contribution in [-0.2, 0) is 4.74 Å². The van der Waals surface area contributed by atoms with Crippen LogP contribution in [-0.4, -0.2) is 24.4 Å². The first-order valence-corrected chi connectivity index (χ1v) is 4.03. The van der Waals surface area contributed by atoms with Gasteiger partial charge in [-0.15, -0.1) is 0 Å². The zero-order valence-corrected chi connectivity index (χ0v) is 8.02. The van der Waals surface area contributed by atoms with E-state index in [1.54, 1.807) is 6.07 Å². The van der Waals surface area contributed by atoms with Gasteiger partial charge in [0.2, 0.25) is 0 Å². The summed E-state index contributed by atoms with van der Waals surface area (Å²) in [6, 6.07) is 5.53. The van der Waals surface area contributed by atoms with E-state index in [-0.39, 0.29) is 0 Å². The molecule has 0 aromatic carbocycles. The Kier molecular flexibility index (Phi) is 3.60. The minimum absolute atomic E-state index is 0.603. The fraction of sp³-hybridized carbons (Fsp3) is 0.222. The van der Waals surface area contributed by atoms with Crippen molar-refractivity contribution in [1.29, 1.82) is 0 Å². The first-order chi connectivity index (χ1) is 6.72. The maximum Gasteiger partial charge on any atom is 0.427 e. The van der Waals surface area contributed by atoms with E-state index in [1.165, 1.54) is 13.3 Å². The van der Waals surface area contributed by atoms with Crippen LogP contribution in [0.2, 0.25) is 0 Å². The van der Waals surface area contributed by atoms with E-state index in [1.807, 2.05) is 19.1 Å². The van der Waals surface area contributed by atoms with Crippen LogP contribution in [0.1, 0.15) is 11.4 Å². The van der Waals surface area contributed by atoms with Crippen molar-refractivity contribution in [3.05, 3.63) is 29.6 Å². The normalized spacial score (nSPS) is 10.1. The van der Waals surface area contributed by atoms with Crippen molar-refractivity contribution in [3.8, 4) is 0 Å². The molecular formula is C9H11N3O2. The molecule has 0 bridgehead atoms.